The molecule has 3 aliphatic heterocycles. The van der Waals surface area contributed by atoms with Gasteiger partial charge in [0.15, 0.2) is 0 Å². The Labute approximate surface area is 272 Å². The first kappa shape index (κ1) is 35.3. The second kappa shape index (κ2) is 15.8. The maximum absolute atomic E-state index is 13.7. The van der Waals surface area contributed by atoms with Gasteiger partial charge in [-0.15, -0.1) is 6.58 Å². The number of urea groups is 1. The molecule has 0 radical (unpaired) electrons. The van der Waals surface area contributed by atoms with Crippen molar-refractivity contribution in [1.29, 1.82) is 0 Å². The number of fused-ring (bicyclic) bond motifs is 1. The summed E-state index contributed by atoms with van der Waals surface area (Å²) in [6.45, 7) is 6.97. The van der Waals surface area contributed by atoms with Crippen molar-refractivity contribution in [3.63, 3.8) is 0 Å². The van der Waals surface area contributed by atoms with Gasteiger partial charge in [0, 0.05) is 30.5 Å². The van der Waals surface area contributed by atoms with Crippen molar-refractivity contribution in [2.75, 3.05) is 18.8 Å². The number of nitrogens with zero attached hydrogens (tertiary/aromatic N) is 1. The topological polar surface area (TPSA) is 212 Å². The third kappa shape index (κ3) is 9.24. The smallest absolute Gasteiger partial charge is 0.315 e. The number of hydrogen-bond donors (Lipinski definition) is 6. The monoisotopic (exact) mass is 681 g/mol. The number of thioether (sulfide) groups is 1. The first-order valence-corrected chi connectivity index (χ1v) is 18.2. The summed E-state index contributed by atoms with van der Waals surface area (Å²) in [6.07, 6.45) is 6.34. The van der Waals surface area contributed by atoms with Crippen LogP contribution in [-0.2, 0) is 34.0 Å². The van der Waals surface area contributed by atoms with E-state index in [-0.39, 0.29) is 55.7 Å². The average molecular weight is 682 g/mol. The van der Waals surface area contributed by atoms with Crippen LogP contribution in [0.3, 0.4) is 0 Å². The van der Waals surface area contributed by atoms with Crippen molar-refractivity contribution in [2.24, 2.45) is 0 Å². The van der Waals surface area contributed by atoms with Crippen molar-refractivity contribution in [1.82, 2.24) is 36.2 Å². The Morgan fingerprint density at radius 3 is 2.50 bits per heavy atom. The second-order valence-corrected chi connectivity index (χ2v) is 15.2. The van der Waals surface area contributed by atoms with Gasteiger partial charge in [-0.2, -0.15) is 11.8 Å². The van der Waals surface area contributed by atoms with Gasteiger partial charge in [-0.25, -0.2) is 13.2 Å². The molecule has 0 aromatic heterocycles. The van der Waals surface area contributed by atoms with E-state index in [9.17, 15) is 37.2 Å². The van der Waals surface area contributed by atoms with E-state index in [4.69, 9.17) is 0 Å². The highest BCUT2D eigenvalue weighted by atomic mass is 32.2. The molecule has 4 aliphatic rings. The molecule has 254 valence electrons. The molecular formula is C29H43N7O8S2. The van der Waals surface area contributed by atoms with Crippen molar-refractivity contribution >= 4 is 57.4 Å². The van der Waals surface area contributed by atoms with Crippen LogP contribution in [0.1, 0.15) is 57.8 Å². The molecule has 46 heavy (non-hydrogen) atoms. The number of sulfonamides is 1. The summed E-state index contributed by atoms with van der Waals surface area (Å²) in [4.78, 5) is 77.5. The lowest BCUT2D eigenvalue weighted by atomic mass is 10.0. The van der Waals surface area contributed by atoms with E-state index in [0.29, 0.717) is 25.7 Å². The maximum atomic E-state index is 13.7. The molecule has 0 aromatic carbocycles. The molecule has 0 aromatic rings. The Kier molecular flexibility index (Phi) is 12.1. The largest absolute Gasteiger partial charge is 0.350 e. The van der Waals surface area contributed by atoms with E-state index in [0.717, 1.165) is 24.7 Å². The Hall–Kier alpha value is -3.60. The average Bonchev–Trinajstić information content (AvgIpc) is 3.50. The normalized spacial score (nSPS) is 24.9. The summed E-state index contributed by atoms with van der Waals surface area (Å²) in [6, 6.07) is -3.31. The van der Waals surface area contributed by atoms with Crippen LogP contribution in [0.2, 0.25) is 0 Å². The third-order valence-electron chi connectivity index (χ3n) is 8.46. The lowest BCUT2D eigenvalue weighted by Crippen LogP contribution is -2.58. The highest BCUT2D eigenvalue weighted by Crippen LogP contribution is 2.33. The van der Waals surface area contributed by atoms with Gasteiger partial charge in [0.05, 0.1) is 17.3 Å². The third-order valence-corrected chi connectivity index (χ3v) is 11.8. The standard InChI is InChI=1S/C29H43N7O8S2/c1-3-8-18(26(39)35-46(43,44)17-12-13-17)32-27(40)21-9-7-14-36(21)28(41)19(15-30-23(37)4-2)31-24(38)11-6-5-10-22-25-20(16-45-22)33-29(42)34-25/h3-4,17-22,25H,1-2,5-16H2,(H,30,37)(H,31,38)(H,32,40)(H,35,39)(H2,33,34,42)/t18?,19-,20+,21?,22?,25+/m0/s1. The second-order valence-electron chi connectivity index (χ2n) is 11.9. The van der Waals surface area contributed by atoms with Crippen LogP contribution in [0.25, 0.3) is 0 Å². The Balaban J connectivity index is 1.32. The van der Waals surface area contributed by atoms with E-state index in [1.807, 2.05) is 4.72 Å². The zero-order valence-corrected chi connectivity index (χ0v) is 27.3. The van der Waals surface area contributed by atoms with Crippen LogP contribution in [0.15, 0.2) is 25.3 Å². The van der Waals surface area contributed by atoms with Gasteiger partial charge in [0.2, 0.25) is 33.7 Å². The minimum Gasteiger partial charge on any atom is -0.350 e. The molecule has 4 fully saturated rings. The fourth-order valence-corrected chi connectivity index (χ4v) is 8.75. The molecule has 6 atom stereocenters. The zero-order chi connectivity index (χ0) is 33.4. The molecule has 3 unspecified atom stereocenters. The van der Waals surface area contributed by atoms with Gasteiger partial charge >= 0.3 is 6.03 Å². The number of nitrogens with one attached hydrogen (secondary N) is 6. The number of carbonyl (C=O) groups is 6. The number of hydrogen-bond acceptors (Lipinski definition) is 9. The Morgan fingerprint density at radius 1 is 1.04 bits per heavy atom. The summed E-state index contributed by atoms with van der Waals surface area (Å²) in [5, 5.41) is 13.3. The number of likely N-dealkylation sites (tertiary alicyclic amines) is 1. The molecule has 1 saturated carbocycles. The van der Waals surface area contributed by atoms with Crippen LogP contribution < -0.4 is 31.3 Å². The Morgan fingerprint density at radius 2 is 1.80 bits per heavy atom. The first-order valence-electron chi connectivity index (χ1n) is 15.6. The van der Waals surface area contributed by atoms with Crippen LogP contribution in [0, 0.1) is 0 Å². The van der Waals surface area contributed by atoms with E-state index in [1.165, 1.54) is 11.0 Å². The number of carbonyl (C=O) groups excluding carboxylic acids is 6. The molecule has 15 nitrogen and oxygen atoms in total. The van der Waals surface area contributed by atoms with E-state index in [2.05, 4.69) is 39.7 Å². The SMILES string of the molecule is C=CCC(NC(=O)C1CCCN1C(=O)[C@H](CNC(=O)C=C)NC(=O)CCCCC1SC[C@H]2NC(=O)N[C@@H]12)C(=O)NS(=O)(=O)C1CC1. The summed E-state index contributed by atoms with van der Waals surface area (Å²) >= 11 is 1.79. The van der Waals surface area contributed by atoms with Gasteiger partial charge in [0.1, 0.15) is 18.1 Å². The zero-order valence-electron chi connectivity index (χ0n) is 25.6. The van der Waals surface area contributed by atoms with Crippen molar-refractivity contribution < 1.29 is 37.2 Å². The van der Waals surface area contributed by atoms with E-state index in [1.54, 1.807) is 11.8 Å². The molecule has 17 heteroatoms. The summed E-state index contributed by atoms with van der Waals surface area (Å²) in [7, 11) is -3.84. The quantitative estimate of drug-likeness (QED) is 0.0488. The minimum atomic E-state index is -3.84. The van der Waals surface area contributed by atoms with Gasteiger partial charge < -0.3 is 31.5 Å². The summed E-state index contributed by atoms with van der Waals surface area (Å²) < 4.78 is 26.6. The summed E-state index contributed by atoms with van der Waals surface area (Å²) in [5.41, 5.74) is 0. The van der Waals surface area contributed by atoms with Crippen LogP contribution in [-0.4, -0.2) is 108 Å². The Bertz CT molecular complexity index is 1340. The van der Waals surface area contributed by atoms with Crippen LogP contribution >= 0.6 is 11.8 Å². The lowest BCUT2D eigenvalue weighted by Gasteiger charge is -2.29. The van der Waals surface area contributed by atoms with Crippen molar-refractivity contribution in [3.05, 3.63) is 25.3 Å². The fourth-order valence-electron chi connectivity index (χ4n) is 5.86. The van der Waals surface area contributed by atoms with Gasteiger partial charge in [-0.3, -0.25) is 28.7 Å². The van der Waals surface area contributed by atoms with Crippen LogP contribution in [0.5, 0.6) is 0 Å². The minimum absolute atomic E-state index is 0.0309. The molecular weight excluding hydrogens is 638 g/mol. The van der Waals surface area contributed by atoms with Gasteiger partial charge in [0.25, 0.3) is 5.91 Å². The van der Waals surface area contributed by atoms with Crippen molar-refractivity contribution in [2.45, 2.75) is 98.5 Å². The maximum Gasteiger partial charge on any atom is 0.315 e. The lowest BCUT2D eigenvalue weighted by molar-refractivity contribution is -0.142. The molecule has 7 amide bonds. The van der Waals surface area contributed by atoms with Gasteiger partial charge in [-0.05, 0) is 51.0 Å². The molecule has 4 rings (SSSR count). The number of rotatable bonds is 17. The molecule has 0 bridgehead atoms. The summed E-state index contributed by atoms with van der Waals surface area (Å²) in [5.74, 6) is -2.19. The van der Waals surface area contributed by atoms with Crippen LogP contribution in [0.4, 0.5) is 4.79 Å². The molecule has 3 heterocycles. The van der Waals surface area contributed by atoms with Gasteiger partial charge in [-0.1, -0.05) is 19.1 Å². The number of amides is 7. The van der Waals surface area contributed by atoms with E-state index >= 15 is 0 Å². The number of unbranched alkanes of at least 4 members (excludes halogenated alkanes) is 1. The van der Waals surface area contributed by atoms with E-state index < -0.39 is 62.9 Å². The predicted molar refractivity (Wildman–Crippen MR) is 171 cm³/mol. The highest BCUT2D eigenvalue weighted by molar-refractivity contribution is 8.00. The molecule has 0 spiro atoms. The van der Waals surface area contributed by atoms with Crippen molar-refractivity contribution in [3.8, 4) is 0 Å². The molecule has 1 aliphatic carbocycles. The molecule has 3 saturated heterocycles. The predicted octanol–water partition coefficient (Wildman–Crippen LogP) is -0.840. The molecule has 6 N–H and O–H groups in total. The fraction of sp³-hybridized carbons (Fsp3) is 0.655. The first-order chi connectivity index (χ1) is 21.9. The highest BCUT2D eigenvalue weighted by Gasteiger charge is 2.43.